The minimum Gasteiger partial charge on any atom is -0.490 e. The number of hydrogen-bond donors (Lipinski definition) is 0. The minimum absolute atomic E-state index is 0.252. The Morgan fingerprint density at radius 3 is 2.63 bits per heavy atom. The van der Waals surface area contributed by atoms with Crippen molar-refractivity contribution in [2.24, 2.45) is 0 Å². The van der Waals surface area contributed by atoms with Crippen LogP contribution in [-0.4, -0.2) is 72.9 Å². The van der Waals surface area contributed by atoms with Gasteiger partial charge in [0.05, 0.1) is 31.3 Å². The molecule has 30 heavy (non-hydrogen) atoms. The van der Waals surface area contributed by atoms with Gasteiger partial charge in [0.2, 0.25) is 5.91 Å². The quantitative estimate of drug-likeness (QED) is 0.582. The molecule has 2 aliphatic heterocycles. The largest absolute Gasteiger partial charge is 0.490 e. The molecule has 3 rings (SSSR count). The smallest absolute Gasteiger partial charge is 0.294 e. The van der Waals surface area contributed by atoms with E-state index in [1.54, 1.807) is 29.2 Å². The Kier molecular flexibility index (Phi) is 7.75. The van der Waals surface area contributed by atoms with Crippen LogP contribution in [0.3, 0.4) is 0 Å². The number of amides is 3. The highest BCUT2D eigenvalue weighted by Gasteiger charge is 2.37. The lowest BCUT2D eigenvalue weighted by Crippen LogP contribution is -2.46. The zero-order valence-corrected chi connectivity index (χ0v) is 18.0. The average molecular weight is 435 g/mol. The first-order valence-corrected chi connectivity index (χ1v) is 10.9. The van der Waals surface area contributed by atoms with Crippen molar-refractivity contribution in [3.8, 4) is 11.5 Å². The fourth-order valence-corrected chi connectivity index (χ4v) is 3.89. The molecule has 2 heterocycles. The Morgan fingerprint density at radius 1 is 1.17 bits per heavy atom. The van der Waals surface area contributed by atoms with E-state index in [9.17, 15) is 14.4 Å². The van der Waals surface area contributed by atoms with Crippen LogP contribution in [-0.2, 0) is 14.3 Å². The molecule has 0 spiro atoms. The van der Waals surface area contributed by atoms with Gasteiger partial charge in [-0.05, 0) is 48.9 Å². The minimum atomic E-state index is -0.462. The molecule has 0 bridgehead atoms. The highest BCUT2D eigenvalue weighted by molar-refractivity contribution is 8.18. The molecule has 3 amide bonds. The van der Waals surface area contributed by atoms with Crippen molar-refractivity contribution in [3.63, 3.8) is 0 Å². The molecule has 2 aliphatic rings. The van der Waals surface area contributed by atoms with Gasteiger partial charge in [-0.1, -0.05) is 13.0 Å². The number of rotatable bonds is 8. The van der Waals surface area contributed by atoms with Gasteiger partial charge in [0.1, 0.15) is 6.54 Å². The van der Waals surface area contributed by atoms with E-state index < -0.39 is 11.1 Å². The normalized spacial score (nSPS) is 18.3. The van der Waals surface area contributed by atoms with Crippen LogP contribution in [0.15, 0.2) is 23.1 Å². The summed E-state index contributed by atoms with van der Waals surface area (Å²) in [5.41, 5.74) is 0.715. The molecule has 2 saturated heterocycles. The highest BCUT2D eigenvalue weighted by Crippen LogP contribution is 2.34. The van der Waals surface area contributed by atoms with Crippen molar-refractivity contribution in [1.29, 1.82) is 0 Å². The molecule has 0 atom stereocenters. The number of ether oxygens (including phenoxy) is 3. The van der Waals surface area contributed by atoms with Crippen molar-refractivity contribution < 1.29 is 28.6 Å². The van der Waals surface area contributed by atoms with E-state index in [1.807, 2.05) is 13.8 Å². The zero-order valence-electron chi connectivity index (χ0n) is 17.2. The van der Waals surface area contributed by atoms with Crippen LogP contribution in [0.1, 0.15) is 25.8 Å². The fraction of sp³-hybridized carbons (Fsp3) is 0.476. The summed E-state index contributed by atoms with van der Waals surface area (Å²) in [6.07, 6.45) is 2.51. The highest BCUT2D eigenvalue weighted by atomic mass is 32.2. The van der Waals surface area contributed by atoms with Crippen LogP contribution >= 0.6 is 11.8 Å². The van der Waals surface area contributed by atoms with Crippen LogP contribution < -0.4 is 9.47 Å². The van der Waals surface area contributed by atoms with Gasteiger partial charge in [0, 0.05) is 13.1 Å². The summed E-state index contributed by atoms with van der Waals surface area (Å²) in [4.78, 5) is 40.4. The number of morpholine rings is 1. The van der Waals surface area contributed by atoms with E-state index in [1.165, 1.54) is 0 Å². The zero-order chi connectivity index (χ0) is 21.5. The van der Waals surface area contributed by atoms with Gasteiger partial charge in [-0.3, -0.25) is 19.3 Å². The van der Waals surface area contributed by atoms with Crippen LogP contribution in [0.2, 0.25) is 0 Å². The summed E-state index contributed by atoms with van der Waals surface area (Å²) in [5.74, 6) is 0.510. The number of imide groups is 1. The first-order chi connectivity index (χ1) is 14.5. The predicted molar refractivity (Wildman–Crippen MR) is 113 cm³/mol. The summed E-state index contributed by atoms with van der Waals surface area (Å²) in [5, 5.41) is -0.444. The number of thioether (sulfide) groups is 1. The SMILES string of the molecule is CCCOc1ccc(/C=C2\SC(=O)N(CC(=O)N3CCOCC3)C2=O)cc1OCC. The summed E-state index contributed by atoms with van der Waals surface area (Å²) in [7, 11) is 0. The van der Waals surface area contributed by atoms with Gasteiger partial charge in [-0.2, -0.15) is 0 Å². The summed E-state index contributed by atoms with van der Waals surface area (Å²) < 4.78 is 16.6. The molecule has 1 aromatic rings. The molecule has 0 aromatic heterocycles. The molecule has 2 fully saturated rings. The molecular weight excluding hydrogens is 408 g/mol. The van der Waals surface area contributed by atoms with E-state index in [0.717, 1.165) is 23.1 Å². The Hall–Kier alpha value is -2.52. The van der Waals surface area contributed by atoms with E-state index in [-0.39, 0.29) is 17.4 Å². The third-order valence-corrected chi connectivity index (χ3v) is 5.47. The molecule has 0 unspecified atom stereocenters. The average Bonchev–Trinajstić information content (AvgIpc) is 3.01. The van der Waals surface area contributed by atoms with Crippen molar-refractivity contribution in [3.05, 3.63) is 28.7 Å². The van der Waals surface area contributed by atoms with E-state index >= 15 is 0 Å². The number of nitrogens with zero attached hydrogens (tertiary/aromatic N) is 2. The van der Waals surface area contributed by atoms with Crippen molar-refractivity contribution in [2.45, 2.75) is 20.3 Å². The molecule has 0 N–H and O–H groups in total. The second-order valence-electron chi connectivity index (χ2n) is 6.75. The van der Waals surface area contributed by atoms with Crippen molar-refractivity contribution in [2.75, 3.05) is 46.1 Å². The summed E-state index contributed by atoms with van der Waals surface area (Å²) in [6.45, 7) is 6.58. The molecular formula is C21H26N2O6S. The van der Waals surface area contributed by atoms with Gasteiger partial charge in [0.25, 0.3) is 11.1 Å². The van der Waals surface area contributed by atoms with Gasteiger partial charge < -0.3 is 19.1 Å². The van der Waals surface area contributed by atoms with Crippen molar-refractivity contribution in [1.82, 2.24) is 9.80 Å². The standard InChI is InChI=1S/C21H26N2O6S/c1-3-9-29-16-6-5-15(12-17(16)28-4-2)13-18-20(25)23(21(26)30-18)14-19(24)22-7-10-27-11-8-22/h5-6,12-13H,3-4,7-11,14H2,1-2H3/b18-13-. The van der Waals surface area contributed by atoms with E-state index in [2.05, 4.69) is 0 Å². The summed E-state index contributed by atoms with van der Waals surface area (Å²) >= 11 is 0.834. The second kappa shape index (κ2) is 10.5. The van der Waals surface area contributed by atoms with Gasteiger partial charge in [-0.15, -0.1) is 0 Å². The number of carbonyl (C=O) groups excluding carboxylic acids is 3. The Bertz CT molecular complexity index is 835. The van der Waals surface area contributed by atoms with Crippen LogP contribution in [0.25, 0.3) is 6.08 Å². The monoisotopic (exact) mass is 434 g/mol. The number of hydrogen-bond acceptors (Lipinski definition) is 7. The topological polar surface area (TPSA) is 85.4 Å². The molecule has 0 saturated carbocycles. The number of carbonyl (C=O) groups is 3. The van der Waals surface area contributed by atoms with E-state index in [4.69, 9.17) is 14.2 Å². The second-order valence-corrected chi connectivity index (χ2v) is 7.74. The Morgan fingerprint density at radius 2 is 1.93 bits per heavy atom. The molecule has 0 aliphatic carbocycles. The third-order valence-electron chi connectivity index (χ3n) is 4.56. The Labute approximate surface area is 180 Å². The molecule has 1 aromatic carbocycles. The molecule has 9 heteroatoms. The lowest BCUT2D eigenvalue weighted by Gasteiger charge is -2.28. The fourth-order valence-electron chi connectivity index (χ4n) is 3.05. The van der Waals surface area contributed by atoms with Crippen molar-refractivity contribution >= 4 is 34.9 Å². The molecule has 8 nitrogen and oxygen atoms in total. The number of benzene rings is 1. The lowest BCUT2D eigenvalue weighted by molar-refractivity contribution is -0.139. The maximum atomic E-state index is 12.7. The lowest BCUT2D eigenvalue weighted by atomic mass is 10.2. The Balaban J connectivity index is 1.72. The predicted octanol–water partition coefficient (Wildman–Crippen LogP) is 2.77. The van der Waals surface area contributed by atoms with Crippen LogP contribution in [0.5, 0.6) is 11.5 Å². The maximum absolute atomic E-state index is 12.7. The van der Waals surface area contributed by atoms with Gasteiger partial charge >= 0.3 is 0 Å². The van der Waals surface area contributed by atoms with Gasteiger partial charge in [0.15, 0.2) is 11.5 Å². The first kappa shape index (κ1) is 22.2. The molecule has 0 radical (unpaired) electrons. The van der Waals surface area contributed by atoms with Crippen LogP contribution in [0, 0.1) is 0 Å². The summed E-state index contributed by atoms with van der Waals surface area (Å²) in [6, 6.07) is 5.38. The molecule has 162 valence electrons. The third kappa shape index (κ3) is 5.34. The van der Waals surface area contributed by atoms with E-state index in [0.29, 0.717) is 56.6 Å². The van der Waals surface area contributed by atoms with Gasteiger partial charge in [-0.25, -0.2) is 0 Å². The maximum Gasteiger partial charge on any atom is 0.294 e. The van der Waals surface area contributed by atoms with Crippen LogP contribution in [0.4, 0.5) is 4.79 Å². The first-order valence-electron chi connectivity index (χ1n) is 10.0.